The van der Waals surface area contributed by atoms with Crippen LogP contribution in [0, 0.1) is 6.92 Å². The van der Waals surface area contributed by atoms with Crippen LogP contribution in [0.15, 0.2) is 24.3 Å². The number of benzene rings is 1. The molecule has 1 heterocycles. The molecule has 1 aromatic carbocycles. The minimum absolute atomic E-state index is 0. The third kappa shape index (κ3) is 2.72. The van der Waals surface area contributed by atoms with Crippen molar-refractivity contribution in [2.24, 2.45) is 0 Å². The van der Waals surface area contributed by atoms with Crippen LogP contribution >= 0.6 is 17.0 Å². The Morgan fingerprint density at radius 1 is 1.21 bits per heavy atom. The van der Waals surface area contributed by atoms with E-state index in [1.807, 2.05) is 0 Å². The van der Waals surface area contributed by atoms with Gasteiger partial charge in [0.15, 0.2) is 0 Å². The standard InChI is InChI=1S/C11H16N2.BrH/c1-10-3-2-4-11(9-10)13-7-5-12-6-8-13;/h2-4,9,12H,5-8H2,1H3;1H. The van der Waals surface area contributed by atoms with Crippen LogP contribution < -0.4 is 10.2 Å². The van der Waals surface area contributed by atoms with Gasteiger partial charge in [0.05, 0.1) is 0 Å². The lowest BCUT2D eigenvalue weighted by atomic mass is 10.2. The number of hydrogen-bond donors (Lipinski definition) is 1. The highest BCUT2D eigenvalue weighted by Gasteiger charge is 2.09. The molecule has 3 heteroatoms. The summed E-state index contributed by atoms with van der Waals surface area (Å²) in [6.07, 6.45) is 0. The number of aryl methyl sites for hydroxylation is 1. The molecule has 2 nitrogen and oxygen atoms in total. The molecule has 0 bridgehead atoms. The number of hydrogen-bond acceptors (Lipinski definition) is 2. The van der Waals surface area contributed by atoms with Crippen LogP contribution in [0.4, 0.5) is 5.69 Å². The molecule has 1 aliphatic heterocycles. The Kier molecular flexibility index (Phi) is 4.42. The summed E-state index contributed by atoms with van der Waals surface area (Å²) in [6.45, 7) is 6.61. The van der Waals surface area contributed by atoms with Crippen LogP contribution in [0.5, 0.6) is 0 Å². The van der Waals surface area contributed by atoms with E-state index >= 15 is 0 Å². The molecule has 0 amide bonds. The van der Waals surface area contributed by atoms with Gasteiger partial charge in [0.1, 0.15) is 0 Å². The van der Waals surface area contributed by atoms with Gasteiger partial charge in [-0.1, -0.05) is 12.1 Å². The molecule has 0 aliphatic carbocycles. The van der Waals surface area contributed by atoms with Crippen LogP contribution in [0.1, 0.15) is 5.56 Å². The molecular formula is C11H17BrN2. The predicted molar refractivity (Wildman–Crippen MR) is 66.6 cm³/mol. The topological polar surface area (TPSA) is 15.3 Å². The highest BCUT2D eigenvalue weighted by molar-refractivity contribution is 8.93. The first-order valence-electron chi connectivity index (χ1n) is 4.88. The molecule has 1 fully saturated rings. The molecule has 1 saturated heterocycles. The van der Waals surface area contributed by atoms with Crippen molar-refractivity contribution in [1.29, 1.82) is 0 Å². The molecule has 78 valence electrons. The first-order chi connectivity index (χ1) is 6.36. The summed E-state index contributed by atoms with van der Waals surface area (Å²) < 4.78 is 0. The Balaban J connectivity index is 0.000000980. The Hall–Kier alpha value is -0.540. The van der Waals surface area contributed by atoms with Crippen molar-refractivity contribution in [2.75, 3.05) is 31.1 Å². The first kappa shape index (κ1) is 11.5. The molecular weight excluding hydrogens is 240 g/mol. The lowest BCUT2D eigenvalue weighted by molar-refractivity contribution is 0.589. The molecule has 1 aromatic rings. The van der Waals surface area contributed by atoms with Gasteiger partial charge in [-0.15, -0.1) is 17.0 Å². The van der Waals surface area contributed by atoms with Gasteiger partial charge in [-0.3, -0.25) is 0 Å². The van der Waals surface area contributed by atoms with Gasteiger partial charge in [-0.2, -0.15) is 0 Å². The third-order valence-corrected chi connectivity index (χ3v) is 2.48. The van der Waals surface area contributed by atoms with Gasteiger partial charge in [0.25, 0.3) is 0 Å². The lowest BCUT2D eigenvalue weighted by Gasteiger charge is -2.29. The second-order valence-corrected chi connectivity index (χ2v) is 3.58. The van der Waals surface area contributed by atoms with Gasteiger partial charge >= 0.3 is 0 Å². The molecule has 1 N–H and O–H groups in total. The Morgan fingerprint density at radius 3 is 2.57 bits per heavy atom. The van der Waals surface area contributed by atoms with Crippen molar-refractivity contribution < 1.29 is 0 Å². The zero-order valence-electron chi connectivity index (χ0n) is 8.49. The Labute approximate surface area is 96.1 Å². The van der Waals surface area contributed by atoms with E-state index < -0.39 is 0 Å². The SMILES string of the molecule is Br.Cc1cccc(N2CCNCC2)c1. The first-order valence-corrected chi connectivity index (χ1v) is 4.88. The van der Waals surface area contributed by atoms with E-state index in [4.69, 9.17) is 0 Å². The summed E-state index contributed by atoms with van der Waals surface area (Å²) >= 11 is 0. The Morgan fingerprint density at radius 2 is 1.93 bits per heavy atom. The van der Waals surface area contributed by atoms with Crippen LogP contribution in [-0.4, -0.2) is 26.2 Å². The van der Waals surface area contributed by atoms with Gasteiger partial charge in [-0.05, 0) is 24.6 Å². The molecule has 0 aromatic heterocycles. The monoisotopic (exact) mass is 256 g/mol. The smallest absolute Gasteiger partial charge is 0.0369 e. The lowest BCUT2D eigenvalue weighted by Crippen LogP contribution is -2.43. The summed E-state index contributed by atoms with van der Waals surface area (Å²) in [5.41, 5.74) is 2.71. The van der Waals surface area contributed by atoms with Gasteiger partial charge in [0, 0.05) is 31.9 Å². The number of halogens is 1. The van der Waals surface area contributed by atoms with Crippen LogP contribution in [0.25, 0.3) is 0 Å². The number of anilines is 1. The number of piperazine rings is 1. The van der Waals surface area contributed by atoms with Gasteiger partial charge < -0.3 is 10.2 Å². The molecule has 1 aliphatic rings. The molecule has 0 atom stereocenters. The summed E-state index contributed by atoms with van der Waals surface area (Å²) in [4.78, 5) is 2.43. The van der Waals surface area contributed by atoms with E-state index in [0.29, 0.717) is 0 Å². The zero-order valence-corrected chi connectivity index (χ0v) is 10.2. The molecule has 14 heavy (non-hydrogen) atoms. The normalized spacial score (nSPS) is 16.2. The predicted octanol–water partition coefficient (Wildman–Crippen LogP) is 1.98. The fraction of sp³-hybridized carbons (Fsp3) is 0.455. The van der Waals surface area contributed by atoms with E-state index in [2.05, 4.69) is 41.4 Å². The zero-order chi connectivity index (χ0) is 9.10. The second-order valence-electron chi connectivity index (χ2n) is 3.58. The van der Waals surface area contributed by atoms with Crippen molar-refractivity contribution in [1.82, 2.24) is 5.32 Å². The van der Waals surface area contributed by atoms with Crippen molar-refractivity contribution in [3.8, 4) is 0 Å². The van der Waals surface area contributed by atoms with Crippen LogP contribution in [0.3, 0.4) is 0 Å². The fourth-order valence-corrected chi connectivity index (χ4v) is 1.75. The molecule has 0 radical (unpaired) electrons. The largest absolute Gasteiger partial charge is 0.369 e. The number of nitrogens with one attached hydrogen (secondary N) is 1. The fourth-order valence-electron chi connectivity index (χ4n) is 1.75. The third-order valence-electron chi connectivity index (χ3n) is 2.48. The second kappa shape index (κ2) is 5.37. The van der Waals surface area contributed by atoms with Gasteiger partial charge in [-0.25, -0.2) is 0 Å². The highest BCUT2D eigenvalue weighted by atomic mass is 79.9. The van der Waals surface area contributed by atoms with Crippen molar-refractivity contribution in [3.05, 3.63) is 29.8 Å². The Bertz CT molecular complexity index is 282. The molecule has 2 rings (SSSR count). The minimum atomic E-state index is 0. The van der Waals surface area contributed by atoms with Crippen LogP contribution in [0.2, 0.25) is 0 Å². The van der Waals surface area contributed by atoms with Crippen molar-refractivity contribution in [3.63, 3.8) is 0 Å². The molecule has 0 spiro atoms. The molecule has 0 unspecified atom stereocenters. The maximum absolute atomic E-state index is 3.36. The maximum Gasteiger partial charge on any atom is 0.0369 e. The quantitative estimate of drug-likeness (QED) is 0.827. The summed E-state index contributed by atoms with van der Waals surface area (Å²) in [5.74, 6) is 0. The maximum atomic E-state index is 3.36. The highest BCUT2D eigenvalue weighted by Crippen LogP contribution is 2.15. The van der Waals surface area contributed by atoms with Gasteiger partial charge in [0.2, 0.25) is 0 Å². The summed E-state index contributed by atoms with van der Waals surface area (Å²) in [7, 11) is 0. The van der Waals surface area contributed by atoms with Crippen molar-refractivity contribution in [2.45, 2.75) is 6.92 Å². The van der Waals surface area contributed by atoms with E-state index in [1.54, 1.807) is 0 Å². The minimum Gasteiger partial charge on any atom is -0.369 e. The number of rotatable bonds is 1. The van der Waals surface area contributed by atoms with E-state index in [1.165, 1.54) is 11.3 Å². The van der Waals surface area contributed by atoms with E-state index in [9.17, 15) is 0 Å². The summed E-state index contributed by atoms with van der Waals surface area (Å²) in [6, 6.07) is 8.72. The van der Waals surface area contributed by atoms with E-state index in [-0.39, 0.29) is 17.0 Å². The average molecular weight is 257 g/mol. The molecule has 0 saturated carbocycles. The van der Waals surface area contributed by atoms with Crippen molar-refractivity contribution >= 4 is 22.7 Å². The van der Waals surface area contributed by atoms with E-state index in [0.717, 1.165) is 26.2 Å². The number of nitrogens with zero attached hydrogens (tertiary/aromatic N) is 1. The summed E-state index contributed by atoms with van der Waals surface area (Å²) in [5, 5.41) is 3.36. The average Bonchev–Trinajstić information content (AvgIpc) is 2.19. The van der Waals surface area contributed by atoms with Crippen LogP contribution in [-0.2, 0) is 0 Å².